The maximum Gasteiger partial charge on any atom is 0.257 e. The summed E-state index contributed by atoms with van der Waals surface area (Å²) in [7, 11) is -3.30. The van der Waals surface area contributed by atoms with E-state index in [1.807, 2.05) is 31.2 Å². The van der Waals surface area contributed by atoms with Gasteiger partial charge in [0.2, 0.25) is 10.0 Å². The second kappa shape index (κ2) is 8.37. The summed E-state index contributed by atoms with van der Waals surface area (Å²) in [5.41, 5.74) is 2.74. The Labute approximate surface area is 184 Å². The summed E-state index contributed by atoms with van der Waals surface area (Å²) in [6.45, 7) is 2.33. The molecule has 6 nitrogen and oxygen atoms in total. The normalized spacial score (nSPS) is 15.3. The van der Waals surface area contributed by atoms with Crippen molar-refractivity contribution < 1.29 is 13.2 Å². The number of nitrogens with zero attached hydrogens (tertiary/aromatic N) is 2. The number of halogens is 1. The van der Waals surface area contributed by atoms with Gasteiger partial charge in [0.25, 0.3) is 5.91 Å². The predicted octanol–water partition coefficient (Wildman–Crippen LogP) is 4.49. The molecular formula is C21H20ClN3O3S2. The number of hydrogen-bond acceptors (Lipinski definition) is 5. The Bertz CT molecular complexity index is 1210. The van der Waals surface area contributed by atoms with Gasteiger partial charge in [0, 0.05) is 28.4 Å². The van der Waals surface area contributed by atoms with Gasteiger partial charge in [-0.25, -0.2) is 13.4 Å². The average Bonchev–Trinajstić information content (AvgIpc) is 3.24. The van der Waals surface area contributed by atoms with Gasteiger partial charge < -0.3 is 0 Å². The van der Waals surface area contributed by atoms with Crippen molar-refractivity contribution in [1.29, 1.82) is 0 Å². The van der Waals surface area contributed by atoms with E-state index in [4.69, 9.17) is 11.6 Å². The highest BCUT2D eigenvalue weighted by atomic mass is 35.5. The lowest BCUT2D eigenvalue weighted by atomic mass is 10.1. The third-order valence-corrected chi connectivity index (χ3v) is 8.23. The number of thiazole rings is 1. The molecule has 0 atom stereocenters. The standard InChI is InChI=1S/C21H20ClN3O3S2/c1-14-19(13-15-6-2-3-9-18(15)22)29-21(23-14)24-20(26)16-7-4-8-17(12-16)25-10-5-11-30(25,27)28/h2-4,6-9,12H,5,10-11,13H2,1H3,(H,23,24,26). The van der Waals surface area contributed by atoms with Gasteiger partial charge in [-0.2, -0.15) is 0 Å². The van der Waals surface area contributed by atoms with E-state index in [1.54, 1.807) is 24.3 Å². The minimum atomic E-state index is -3.30. The van der Waals surface area contributed by atoms with Crippen molar-refractivity contribution in [3.63, 3.8) is 0 Å². The van der Waals surface area contributed by atoms with E-state index in [1.165, 1.54) is 15.6 Å². The average molecular weight is 462 g/mol. The second-order valence-corrected chi connectivity index (χ2v) is 10.5. The lowest BCUT2D eigenvalue weighted by Crippen LogP contribution is -2.25. The van der Waals surface area contributed by atoms with Crippen LogP contribution in [0.2, 0.25) is 5.02 Å². The van der Waals surface area contributed by atoms with E-state index in [-0.39, 0.29) is 11.7 Å². The summed E-state index contributed by atoms with van der Waals surface area (Å²) in [4.78, 5) is 18.2. The van der Waals surface area contributed by atoms with Crippen LogP contribution in [0.4, 0.5) is 10.8 Å². The largest absolute Gasteiger partial charge is 0.298 e. The van der Waals surface area contributed by atoms with Crippen LogP contribution in [0.1, 0.15) is 32.9 Å². The van der Waals surface area contributed by atoms with Crippen LogP contribution in [0.15, 0.2) is 48.5 Å². The Morgan fingerprint density at radius 2 is 2.03 bits per heavy atom. The Kier molecular flexibility index (Phi) is 5.81. The maximum atomic E-state index is 12.7. The summed E-state index contributed by atoms with van der Waals surface area (Å²) in [6, 6.07) is 14.3. The van der Waals surface area contributed by atoms with Crippen LogP contribution in [-0.4, -0.2) is 31.6 Å². The van der Waals surface area contributed by atoms with E-state index < -0.39 is 10.0 Å². The Morgan fingerprint density at radius 1 is 1.23 bits per heavy atom. The SMILES string of the molecule is Cc1nc(NC(=O)c2cccc(N3CCCS3(=O)=O)c2)sc1Cc1ccccc1Cl. The highest BCUT2D eigenvalue weighted by Crippen LogP contribution is 2.29. The summed E-state index contributed by atoms with van der Waals surface area (Å²) >= 11 is 7.66. The van der Waals surface area contributed by atoms with Crippen LogP contribution in [0.3, 0.4) is 0 Å². The fourth-order valence-electron chi connectivity index (χ4n) is 3.36. The van der Waals surface area contributed by atoms with Crippen LogP contribution in [0.25, 0.3) is 0 Å². The lowest BCUT2D eigenvalue weighted by Gasteiger charge is -2.17. The number of hydrogen-bond donors (Lipinski definition) is 1. The monoisotopic (exact) mass is 461 g/mol. The van der Waals surface area contributed by atoms with Crippen molar-refractivity contribution in [2.24, 2.45) is 0 Å². The van der Waals surface area contributed by atoms with Crippen molar-refractivity contribution in [2.45, 2.75) is 19.8 Å². The number of amides is 1. The van der Waals surface area contributed by atoms with Crippen LogP contribution < -0.4 is 9.62 Å². The third-order valence-electron chi connectivity index (χ3n) is 4.92. The molecule has 1 aromatic heterocycles. The molecule has 2 heterocycles. The number of aromatic nitrogens is 1. The van der Waals surface area contributed by atoms with Crippen molar-refractivity contribution in [3.8, 4) is 0 Å². The molecule has 156 valence electrons. The van der Waals surface area contributed by atoms with Crippen LogP contribution in [0, 0.1) is 6.92 Å². The highest BCUT2D eigenvalue weighted by Gasteiger charge is 2.28. The lowest BCUT2D eigenvalue weighted by molar-refractivity contribution is 0.102. The number of nitrogens with one attached hydrogen (secondary N) is 1. The molecule has 0 radical (unpaired) electrons. The summed E-state index contributed by atoms with van der Waals surface area (Å²) in [6.07, 6.45) is 1.23. The van der Waals surface area contributed by atoms with Crippen molar-refractivity contribution in [3.05, 3.63) is 75.3 Å². The molecule has 0 bridgehead atoms. The first-order valence-corrected chi connectivity index (χ1v) is 12.3. The molecule has 4 rings (SSSR count). The maximum absolute atomic E-state index is 12.7. The Hall–Kier alpha value is -2.42. The molecule has 3 aromatic rings. The molecule has 0 spiro atoms. The molecule has 1 fully saturated rings. The highest BCUT2D eigenvalue weighted by molar-refractivity contribution is 7.93. The summed E-state index contributed by atoms with van der Waals surface area (Å²) in [5, 5.41) is 4.02. The zero-order chi connectivity index (χ0) is 21.3. The zero-order valence-corrected chi connectivity index (χ0v) is 18.6. The first-order valence-electron chi connectivity index (χ1n) is 9.45. The van der Waals surface area contributed by atoms with E-state index in [0.29, 0.717) is 40.8 Å². The number of anilines is 2. The van der Waals surface area contributed by atoms with Gasteiger partial charge in [-0.15, -0.1) is 11.3 Å². The topological polar surface area (TPSA) is 79.4 Å². The molecule has 1 aliphatic rings. The summed E-state index contributed by atoms with van der Waals surface area (Å²) in [5.74, 6) is -0.192. The molecule has 1 N–H and O–H groups in total. The molecule has 30 heavy (non-hydrogen) atoms. The van der Waals surface area contributed by atoms with Crippen LogP contribution in [-0.2, 0) is 16.4 Å². The van der Waals surface area contributed by atoms with Gasteiger partial charge in [-0.05, 0) is 43.2 Å². The van der Waals surface area contributed by atoms with Gasteiger partial charge in [0.15, 0.2) is 5.13 Å². The fraction of sp³-hybridized carbons (Fsp3) is 0.238. The number of carbonyl (C=O) groups excluding carboxylic acids is 1. The van der Waals surface area contributed by atoms with E-state index in [2.05, 4.69) is 10.3 Å². The Morgan fingerprint density at radius 3 is 2.77 bits per heavy atom. The van der Waals surface area contributed by atoms with Crippen LogP contribution in [0.5, 0.6) is 0 Å². The van der Waals surface area contributed by atoms with Crippen molar-refractivity contribution >= 4 is 49.7 Å². The molecule has 0 aliphatic carbocycles. The molecule has 2 aromatic carbocycles. The third kappa shape index (κ3) is 4.35. The first kappa shape index (κ1) is 20.8. The summed E-state index contributed by atoms with van der Waals surface area (Å²) < 4.78 is 25.7. The smallest absolute Gasteiger partial charge is 0.257 e. The van der Waals surface area contributed by atoms with Gasteiger partial charge in [0.05, 0.1) is 17.1 Å². The second-order valence-electron chi connectivity index (χ2n) is 7.04. The van der Waals surface area contributed by atoms with E-state index >= 15 is 0 Å². The molecular weight excluding hydrogens is 442 g/mol. The van der Waals surface area contributed by atoms with Gasteiger partial charge in [-0.1, -0.05) is 35.9 Å². The van der Waals surface area contributed by atoms with Crippen LogP contribution >= 0.6 is 22.9 Å². The molecule has 1 amide bonds. The first-order chi connectivity index (χ1) is 14.3. The number of carbonyl (C=O) groups is 1. The van der Waals surface area contributed by atoms with Gasteiger partial charge in [-0.3, -0.25) is 14.4 Å². The van der Waals surface area contributed by atoms with E-state index in [0.717, 1.165) is 16.1 Å². The minimum Gasteiger partial charge on any atom is -0.298 e. The zero-order valence-electron chi connectivity index (χ0n) is 16.3. The molecule has 0 saturated carbocycles. The quantitative estimate of drug-likeness (QED) is 0.607. The van der Waals surface area contributed by atoms with Gasteiger partial charge in [0.1, 0.15) is 0 Å². The molecule has 0 unspecified atom stereocenters. The predicted molar refractivity (Wildman–Crippen MR) is 121 cm³/mol. The molecule has 1 saturated heterocycles. The minimum absolute atomic E-state index is 0.135. The Balaban J connectivity index is 1.51. The number of sulfonamides is 1. The number of benzene rings is 2. The fourth-order valence-corrected chi connectivity index (χ4v) is 6.10. The van der Waals surface area contributed by atoms with Crippen molar-refractivity contribution in [1.82, 2.24) is 4.98 Å². The molecule has 1 aliphatic heterocycles. The number of aryl methyl sites for hydroxylation is 1. The number of rotatable bonds is 5. The van der Waals surface area contributed by atoms with Crippen molar-refractivity contribution in [2.75, 3.05) is 21.9 Å². The van der Waals surface area contributed by atoms with E-state index in [9.17, 15) is 13.2 Å². The molecule has 9 heteroatoms. The van der Waals surface area contributed by atoms with Gasteiger partial charge >= 0.3 is 0 Å².